The highest BCUT2D eigenvalue weighted by atomic mass is 35.5. The molecular formula is C10H15ClN2O4S. The number of rotatable bonds is 4. The zero-order valence-electron chi connectivity index (χ0n) is 9.70. The zero-order valence-corrected chi connectivity index (χ0v) is 11.3. The van der Waals surface area contributed by atoms with Gasteiger partial charge in [0.15, 0.2) is 0 Å². The summed E-state index contributed by atoms with van der Waals surface area (Å²) in [6, 6.07) is 4.88. The van der Waals surface area contributed by atoms with Gasteiger partial charge in [0.1, 0.15) is 10.9 Å². The Morgan fingerprint density at radius 3 is 2.56 bits per heavy atom. The highest BCUT2D eigenvalue weighted by molar-refractivity contribution is 7.87. The van der Waals surface area contributed by atoms with E-state index in [0.717, 1.165) is 5.56 Å². The molecule has 1 atom stereocenters. The Morgan fingerprint density at radius 2 is 2.06 bits per heavy atom. The molecule has 0 aliphatic rings. The van der Waals surface area contributed by atoms with Crippen molar-refractivity contribution < 1.29 is 17.4 Å². The van der Waals surface area contributed by atoms with E-state index >= 15 is 0 Å². The standard InChI is InChI=1S/C10H14N2O4S.ClH/c1-7-3-2-4-8(5-7)17(14,15)16-10(13)9(12)6-11;/h2-5,9H,6,11-12H2,1H3;1H/t9-;/m0./s1. The van der Waals surface area contributed by atoms with Gasteiger partial charge in [-0.15, -0.1) is 12.4 Å². The quantitative estimate of drug-likeness (QED) is 0.752. The third-order valence-electron chi connectivity index (χ3n) is 2.03. The molecule has 8 heteroatoms. The number of carbonyl (C=O) groups excluding carboxylic acids is 1. The van der Waals surface area contributed by atoms with Crippen LogP contribution in [0.5, 0.6) is 0 Å². The van der Waals surface area contributed by atoms with Gasteiger partial charge in [0.2, 0.25) is 0 Å². The second kappa shape index (κ2) is 6.69. The van der Waals surface area contributed by atoms with Gasteiger partial charge in [0.05, 0.1) is 0 Å². The van der Waals surface area contributed by atoms with E-state index in [1.807, 2.05) is 0 Å². The average molecular weight is 295 g/mol. The predicted molar refractivity (Wildman–Crippen MR) is 68.7 cm³/mol. The van der Waals surface area contributed by atoms with Gasteiger partial charge in [-0.1, -0.05) is 12.1 Å². The Balaban J connectivity index is 0.00000289. The smallest absolute Gasteiger partial charge is 0.340 e. The molecule has 1 aromatic rings. The van der Waals surface area contributed by atoms with Gasteiger partial charge in [0.25, 0.3) is 0 Å². The fourth-order valence-electron chi connectivity index (χ4n) is 1.09. The Kier molecular flexibility index (Phi) is 6.27. The first kappa shape index (κ1) is 16.9. The van der Waals surface area contributed by atoms with Crippen molar-refractivity contribution in [2.24, 2.45) is 11.5 Å². The van der Waals surface area contributed by atoms with Crippen LogP contribution in [0.4, 0.5) is 0 Å². The Labute approximate surface area is 112 Å². The minimum atomic E-state index is -4.12. The molecule has 0 heterocycles. The van der Waals surface area contributed by atoms with Crippen LogP contribution >= 0.6 is 12.4 Å². The third kappa shape index (κ3) is 4.26. The van der Waals surface area contributed by atoms with E-state index in [1.54, 1.807) is 19.1 Å². The number of hydrogen-bond donors (Lipinski definition) is 2. The molecule has 0 radical (unpaired) electrons. The van der Waals surface area contributed by atoms with Crippen LogP contribution in [-0.2, 0) is 19.1 Å². The Morgan fingerprint density at radius 1 is 1.44 bits per heavy atom. The van der Waals surface area contributed by atoms with E-state index in [4.69, 9.17) is 11.5 Å². The first-order valence-electron chi connectivity index (χ1n) is 4.87. The van der Waals surface area contributed by atoms with Crippen molar-refractivity contribution in [3.63, 3.8) is 0 Å². The lowest BCUT2D eigenvalue weighted by Gasteiger charge is -2.09. The van der Waals surface area contributed by atoms with E-state index in [9.17, 15) is 13.2 Å². The molecule has 102 valence electrons. The molecule has 0 saturated heterocycles. The average Bonchev–Trinajstić information content (AvgIpc) is 2.27. The maximum absolute atomic E-state index is 11.7. The molecular weight excluding hydrogens is 280 g/mol. The molecule has 0 aliphatic heterocycles. The summed E-state index contributed by atoms with van der Waals surface area (Å²) < 4.78 is 27.7. The summed E-state index contributed by atoms with van der Waals surface area (Å²) in [6.07, 6.45) is 0. The normalized spacial score (nSPS) is 12.4. The van der Waals surface area contributed by atoms with Gasteiger partial charge in [-0.3, -0.25) is 0 Å². The maximum Gasteiger partial charge on any atom is 0.341 e. The van der Waals surface area contributed by atoms with Crippen molar-refractivity contribution in [2.45, 2.75) is 17.9 Å². The number of nitrogens with two attached hydrogens (primary N) is 2. The molecule has 1 rings (SSSR count). The topological polar surface area (TPSA) is 112 Å². The molecule has 0 unspecified atom stereocenters. The van der Waals surface area contributed by atoms with Crippen LogP contribution < -0.4 is 11.5 Å². The second-order valence-corrected chi connectivity index (χ2v) is 5.06. The molecule has 0 aromatic heterocycles. The minimum Gasteiger partial charge on any atom is -0.340 e. The highest BCUT2D eigenvalue weighted by Crippen LogP contribution is 2.14. The predicted octanol–water partition coefficient (Wildman–Crippen LogP) is -0.0653. The summed E-state index contributed by atoms with van der Waals surface area (Å²) in [5.41, 5.74) is 11.1. The number of benzene rings is 1. The summed E-state index contributed by atoms with van der Waals surface area (Å²) in [7, 11) is -4.12. The third-order valence-corrected chi connectivity index (χ3v) is 3.24. The van der Waals surface area contributed by atoms with E-state index in [1.165, 1.54) is 12.1 Å². The van der Waals surface area contributed by atoms with Crippen molar-refractivity contribution in [3.05, 3.63) is 29.8 Å². The van der Waals surface area contributed by atoms with Gasteiger partial charge in [-0.2, -0.15) is 8.42 Å². The summed E-state index contributed by atoms with van der Waals surface area (Å²) in [4.78, 5) is 11.2. The Hall–Kier alpha value is -1.15. The summed E-state index contributed by atoms with van der Waals surface area (Å²) in [6.45, 7) is 1.55. The van der Waals surface area contributed by atoms with Gasteiger partial charge in [0, 0.05) is 6.54 Å². The van der Waals surface area contributed by atoms with E-state index in [2.05, 4.69) is 4.18 Å². The van der Waals surface area contributed by atoms with Crippen molar-refractivity contribution in [1.29, 1.82) is 0 Å². The van der Waals surface area contributed by atoms with Crippen LogP contribution in [-0.4, -0.2) is 27.0 Å². The minimum absolute atomic E-state index is 0. The van der Waals surface area contributed by atoms with Gasteiger partial charge >= 0.3 is 16.1 Å². The molecule has 4 N–H and O–H groups in total. The van der Waals surface area contributed by atoms with Crippen LogP contribution in [0.15, 0.2) is 29.2 Å². The number of hydrogen-bond acceptors (Lipinski definition) is 6. The monoisotopic (exact) mass is 294 g/mol. The number of carbonyl (C=O) groups is 1. The molecule has 18 heavy (non-hydrogen) atoms. The molecule has 6 nitrogen and oxygen atoms in total. The first-order valence-corrected chi connectivity index (χ1v) is 6.28. The molecule has 0 fully saturated rings. The van der Waals surface area contributed by atoms with E-state index in [0.29, 0.717) is 0 Å². The summed E-state index contributed by atoms with van der Waals surface area (Å²) >= 11 is 0. The van der Waals surface area contributed by atoms with Crippen molar-refractivity contribution in [3.8, 4) is 0 Å². The van der Waals surface area contributed by atoms with Crippen LogP contribution in [0.1, 0.15) is 5.56 Å². The summed E-state index contributed by atoms with van der Waals surface area (Å²) in [5.74, 6) is -1.06. The second-order valence-electron chi connectivity index (χ2n) is 3.52. The van der Waals surface area contributed by atoms with E-state index < -0.39 is 22.1 Å². The molecule has 0 aliphatic carbocycles. The highest BCUT2D eigenvalue weighted by Gasteiger charge is 2.23. The molecule has 0 saturated carbocycles. The largest absolute Gasteiger partial charge is 0.341 e. The van der Waals surface area contributed by atoms with Gasteiger partial charge in [-0.25, -0.2) is 4.79 Å². The lowest BCUT2D eigenvalue weighted by Crippen LogP contribution is -2.40. The Bertz CT molecular complexity index is 518. The number of halogens is 1. The fraction of sp³-hybridized carbons (Fsp3) is 0.300. The van der Waals surface area contributed by atoms with E-state index in [-0.39, 0.29) is 23.8 Å². The van der Waals surface area contributed by atoms with Crippen LogP contribution in [0.3, 0.4) is 0 Å². The SMILES string of the molecule is Cc1cccc(S(=O)(=O)OC(=O)[C@@H](N)CN)c1.Cl. The van der Waals surface area contributed by atoms with Crippen molar-refractivity contribution in [2.75, 3.05) is 6.54 Å². The van der Waals surface area contributed by atoms with Gasteiger partial charge < -0.3 is 15.7 Å². The lowest BCUT2D eigenvalue weighted by atomic mass is 10.2. The first-order chi connectivity index (χ1) is 7.86. The molecule has 0 amide bonds. The number of aryl methyl sites for hydroxylation is 1. The zero-order chi connectivity index (χ0) is 13.1. The fourth-order valence-corrected chi connectivity index (χ4v) is 2.10. The molecule has 0 bridgehead atoms. The van der Waals surface area contributed by atoms with Gasteiger partial charge in [-0.05, 0) is 24.6 Å². The van der Waals surface area contributed by atoms with Crippen LogP contribution in [0, 0.1) is 6.92 Å². The molecule has 1 aromatic carbocycles. The molecule has 0 spiro atoms. The maximum atomic E-state index is 11.7. The van der Waals surface area contributed by atoms with Crippen LogP contribution in [0.2, 0.25) is 0 Å². The van der Waals surface area contributed by atoms with Crippen molar-refractivity contribution >= 4 is 28.5 Å². The van der Waals surface area contributed by atoms with Crippen molar-refractivity contribution in [1.82, 2.24) is 0 Å². The lowest BCUT2D eigenvalue weighted by molar-refractivity contribution is -0.135. The van der Waals surface area contributed by atoms with Crippen LogP contribution in [0.25, 0.3) is 0 Å². The summed E-state index contributed by atoms with van der Waals surface area (Å²) in [5, 5.41) is 0.